The van der Waals surface area contributed by atoms with Crippen molar-refractivity contribution in [3.05, 3.63) is 60.0 Å². The van der Waals surface area contributed by atoms with Crippen LogP contribution in [0.2, 0.25) is 0 Å². The zero-order chi connectivity index (χ0) is 19.2. The average Bonchev–Trinajstić information content (AvgIpc) is 3.12. The minimum Gasteiger partial charge on any atom is -0.351 e. The summed E-state index contributed by atoms with van der Waals surface area (Å²) >= 11 is 1.62. The van der Waals surface area contributed by atoms with Gasteiger partial charge in [-0.05, 0) is 30.5 Å². The highest BCUT2D eigenvalue weighted by atomic mass is 32.2. The topological polar surface area (TPSA) is 59.8 Å². The molecule has 2 aromatic heterocycles. The lowest BCUT2D eigenvalue weighted by Gasteiger charge is -2.25. The number of pyridine rings is 1. The Bertz CT molecular complexity index is 919. The van der Waals surface area contributed by atoms with Crippen molar-refractivity contribution in [1.82, 2.24) is 19.9 Å². The molecule has 4 rings (SSSR count). The van der Waals surface area contributed by atoms with Crippen LogP contribution in [0.1, 0.15) is 49.5 Å². The lowest BCUT2D eigenvalue weighted by molar-refractivity contribution is -0.118. The molecule has 0 saturated heterocycles. The van der Waals surface area contributed by atoms with Gasteiger partial charge in [-0.25, -0.2) is 9.97 Å². The van der Waals surface area contributed by atoms with Gasteiger partial charge in [0.2, 0.25) is 5.91 Å². The molecule has 5 nitrogen and oxygen atoms in total. The molecular formula is C22H26N4OS. The van der Waals surface area contributed by atoms with Crippen LogP contribution >= 0.6 is 11.8 Å². The van der Waals surface area contributed by atoms with Crippen molar-refractivity contribution in [3.63, 3.8) is 0 Å². The number of nitrogens with one attached hydrogen (secondary N) is 1. The summed E-state index contributed by atoms with van der Waals surface area (Å²) in [5, 5.41) is 2.99. The van der Waals surface area contributed by atoms with Gasteiger partial charge < -0.3 is 9.88 Å². The number of fused-ring (bicyclic) bond motifs is 1. The molecule has 1 aliphatic carbocycles. The summed E-state index contributed by atoms with van der Waals surface area (Å²) in [6.45, 7) is 0.574. The van der Waals surface area contributed by atoms with Gasteiger partial charge in [0, 0.05) is 18.8 Å². The first kappa shape index (κ1) is 19.0. The second-order valence-corrected chi connectivity index (χ2v) is 8.28. The number of thioether (sulfide) groups is 1. The Morgan fingerprint density at radius 2 is 1.93 bits per heavy atom. The normalized spacial score (nSPS) is 15.0. The standard InChI is InChI=1S/C22H26N4OS/c27-21(24-14-17-8-3-1-4-9-17)16-28-15-20-25-19-12-7-13-23-22(19)26(20)18-10-5-2-6-11-18/h1,3-4,7-9,12-13,18H,2,5-6,10-11,14-16H2,(H,24,27). The second kappa shape index (κ2) is 9.24. The Morgan fingerprint density at radius 1 is 1.11 bits per heavy atom. The smallest absolute Gasteiger partial charge is 0.230 e. The van der Waals surface area contributed by atoms with Crippen LogP contribution in [0.3, 0.4) is 0 Å². The summed E-state index contributed by atoms with van der Waals surface area (Å²) in [7, 11) is 0. The molecule has 6 heteroatoms. The van der Waals surface area contributed by atoms with Crippen molar-refractivity contribution < 1.29 is 4.79 Å². The summed E-state index contributed by atoms with van der Waals surface area (Å²) in [5.41, 5.74) is 3.06. The number of carbonyl (C=O) groups is 1. The molecule has 3 aromatic rings. The number of carbonyl (C=O) groups excluding carboxylic acids is 1. The first-order valence-electron chi connectivity index (χ1n) is 10.0. The molecule has 1 saturated carbocycles. The first-order chi connectivity index (χ1) is 13.8. The van der Waals surface area contributed by atoms with E-state index in [9.17, 15) is 4.79 Å². The fourth-order valence-corrected chi connectivity index (χ4v) is 4.66. The van der Waals surface area contributed by atoms with Crippen molar-refractivity contribution in [2.24, 2.45) is 0 Å². The van der Waals surface area contributed by atoms with Crippen molar-refractivity contribution in [2.75, 3.05) is 5.75 Å². The van der Waals surface area contributed by atoms with Crippen LogP contribution in [0, 0.1) is 0 Å². The van der Waals surface area contributed by atoms with E-state index in [-0.39, 0.29) is 5.91 Å². The molecule has 1 N–H and O–H groups in total. The third-order valence-electron chi connectivity index (χ3n) is 5.26. The largest absolute Gasteiger partial charge is 0.351 e. The van der Waals surface area contributed by atoms with E-state index in [2.05, 4.69) is 14.9 Å². The van der Waals surface area contributed by atoms with Gasteiger partial charge >= 0.3 is 0 Å². The Morgan fingerprint density at radius 3 is 2.75 bits per heavy atom. The molecule has 1 amide bonds. The second-order valence-electron chi connectivity index (χ2n) is 7.29. The molecule has 0 bridgehead atoms. The highest BCUT2D eigenvalue weighted by Crippen LogP contribution is 2.32. The van der Waals surface area contributed by atoms with Gasteiger partial charge in [-0.2, -0.15) is 0 Å². The SMILES string of the molecule is O=C(CSCc1nc2cccnc2n1C1CCCCC1)NCc1ccccc1. The quantitative estimate of drug-likeness (QED) is 0.642. The zero-order valence-electron chi connectivity index (χ0n) is 16.0. The number of aromatic nitrogens is 3. The maximum atomic E-state index is 12.2. The molecule has 2 heterocycles. The highest BCUT2D eigenvalue weighted by molar-refractivity contribution is 7.99. The maximum absolute atomic E-state index is 12.2. The van der Waals surface area contributed by atoms with Crippen molar-refractivity contribution in [3.8, 4) is 0 Å². The number of benzene rings is 1. The molecule has 146 valence electrons. The van der Waals surface area contributed by atoms with Gasteiger partial charge in [-0.1, -0.05) is 49.6 Å². The van der Waals surface area contributed by atoms with Gasteiger partial charge in [0.15, 0.2) is 5.65 Å². The predicted octanol–water partition coefficient (Wildman–Crippen LogP) is 4.49. The van der Waals surface area contributed by atoms with Gasteiger partial charge in [-0.15, -0.1) is 11.8 Å². The Labute approximate surface area is 170 Å². The van der Waals surface area contributed by atoms with E-state index in [1.54, 1.807) is 11.8 Å². The van der Waals surface area contributed by atoms with Crippen molar-refractivity contribution >= 4 is 28.8 Å². The molecule has 1 fully saturated rings. The molecule has 1 aliphatic rings. The fourth-order valence-electron chi connectivity index (χ4n) is 3.88. The van der Waals surface area contributed by atoms with E-state index >= 15 is 0 Å². The van der Waals surface area contributed by atoms with Crippen LogP contribution in [0.15, 0.2) is 48.7 Å². The summed E-state index contributed by atoms with van der Waals surface area (Å²) < 4.78 is 2.34. The number of imidazole rings is 1. The van der Waals surface area contributed by atoms with Gasteiger partial charge in [-0.3, -0.25) is 4.79 Å². The molecule has 1 aromatic carbocycles. The lowest BCUT2D eigenvalue weighted by atomic mass is 9.95. The summed E-state index contributed by atoms with van der Waals surface area (Å²) in [4.78, 5) is 21.6. The van der Waals surface area contributed by atoms with Crippen LogP contribution in [0.25, 0.3) is 11.2 Å². The third-order valence-corrected chi connectivity index (χ3v) is 6.19. The minimum absolute atomic E-state index is 0.0623. The van der Waals surface area contributed by atoms with Crippen LogP contribution in [0.5, 0.6) is 0 Å². The highest BCUT2D eigenvalue weighted by Gasteiger charge is 2.22. The fraction of sp³-hybridized carbons (Fsp3) is 0.409. The summed E-state index contributed by atoms with van der Waals surface area (Å²) in [5.74, 6) is 2.27. The van der Waals surface area contributed by atoms with Gasteiger partial charge in [0.1, 0.15) is 11.3 Å². The van der Waals surface area contributed by atoms with E-state index in [0.717, 1.165) is 28.3 Å². The van der Waals surface area contributed by atoms with E-state index in [1.165, 1.54) is 32.1 Å². The van der Waals surface area contributed by atoms with Crippen molar-refractivity contribution in [1.29, 1.82) is 0 Å². The maximum Gasteiger partial charge on any atom is 0.230 e. The molecule has 0 unspecified atom stereocenters. The number of rotatable bonds is 7. The Hall–Kier alpha value is -2.34. The minimum atomic E-state index is 0.0623. The van der Waals surface area contributed by atoms with E-state index < -0.39 is 0 Å². The number of hydrogen-bond donors (Lipinski definition) is 1. The number of amides is 1. The average molecular weight is 395 g/mol. The van der Waals surface area contributed by atoms with Gasteiger partial charge in [0.05, 0.1) is 11.5 Å². The summed E-state index contributed by atoms with van der Waals surface area (Å²) in [6, 6.07) is 14.4. The molecule has 28 heavy (non-hydrogen) atoms. The number of hydrogen-bond acceptors (Lipinski definition) is 4. The summed E-state index contributed by atoms with van der Waals surface area (Å²) in [6.07, 6.45) is 8.09. The molecule has 0 aliphatic heterocycles. The third kappa shape index (κ3) is 4.55. The van der Waals surface area contributed by atoms with Crippen LogP contribution in [-0.4, -0.2) is 26.2 Å². The van der Waals surface area contributed by atoms with E-state index in [1.807, 2.05) is 48.7 Å². The zero-order valence-corrected chi connectivity index (χ0v) is 16.8. The Balaban J connectivity index is 1.38. The predicted molar refractivity (Wildman–Crippen MR) is 114 cm³/mol. The lowest BCUT2D eigenvalue weighted by Crippen LogP contribution is -2.24. The Kier molecular flexibility index (Phi) is 6.27. The molecule has 0 spiro atoms. The molecule has 0 atom stereocenters. The first-order valence-corrected chi connectivity index (χ1v) is 11.2. The van der Waals surface area contributed by atoms with Crippen LogP contribution in [-0.2, 0) is 17.1 Å². The van der Waals surface area contributed by atoms with Crippen molar-refractivity contribution in [2.45, 2.75) is 50.4 Å². The van der Waals surface area contributed by atoms with Crippen LogP contribution < -0.4 is 5.32 Å². The van der Waals surface area contributed by atoms with E-state index in [4.69, 9.17) is 4.98 Å². The van der Waals surface area contributed by atoms with Gasteiger partial charge in [0.25, 0.3) is 0 Å². The molecule has 0 radical (unpaired) electrons. The monoisotopic (exact) mass is 394 g/mol. The van der Waals surface area contributed by atoms with Crippen LogP contribution in [0.4, 0.5) is 0 Å². The van der Waals surface area contributed by atoms with E-state index in [0.29, 0.717) is 18.3 Å². The number of nitrogens with zero attached hydrogens (tertiary/aromatic N) is 3. The molecular weight excluding hydrogens is 368 g/mol.